The van der Waals surface area contributed by atoms with Crippen molar-refractivity contribution in [2.75, 3.05) is 13.7 Å². The lowest BCUT2D eigenvalue weighted by Gasteiger charge is -2.13. The quantitative estimate of drug-likeness (QED) is 0.865. The highest BCUT2D eigenvalue weighted by atomic mass is 35.5. The van der Waals surface area contributed by atoms with E-state index in [4.69, 9.17) is 26.2 Å². The van der Waals surface area contributed by atoms with Gasteiger partial charge in [-0.1, -0.05) is 17.7 Å². The molecule has 0 fully saturated rings. The molecule has 4 nitrogen and oxygen atoms in total. The molecule has 0 amide bonds. The van der Waals surface area contributed by atoms with Crippen LogP contribution in [0.25, 0.3) is 0 Å². The second-order valence-electron chi connectivity index (χ2n) is 3.07. The van der Waals surface area contributed by atoms with Crippen molar-refractivity contribution in [3.05, 3.63) is 28.8 Å². The Morgan fingerprint density at radius 2 is 2.25 bits per heavy atom. The van der Waals surface area contributed by atoms with Crippen molar-refractivity contribution in [1.29, 1.82) is 0 Å². The number of carbonyl (C=O) groups is 1. The third kappa shape index (κ3) is 2.87. The number of methoxy groups -OCH3 is 1. The van der Waals surface area contributed by atoms with E-state index in [0.717, 1.165) is 0 Å². The molecule has 5 heteroatoms. The van der Waals surface area contributed by atoms with Crippen LogP contribution >= 0.6 is 11.6 Å². The van der Waals surface area contributed by atoms with E-state index >= 15 is 0 Å². The van der Waals surface area contributed by atoms with Crippen molar-refractivity contribution in [3.8, 4) is 5.75 Å². The Morgan fingerprint density at radius 3 is 2.69 bits per heavy atom. The van der Waals surface area contributed by atoms with Crippen LogP contribution in [0.4, 0.5) is 0 Å². The van der Waals surface area contributed by atoms with Gasteiger partial charge in [-0.3, -0.25) is 0 Å². The highest BCUT2D eigenvalue weighted by Gasteiger charge is 2.20. The summed E-state index contributed by atoms with van der Waals surface area (Å²) in [6.07, 6.45) is -0.992. The molecule has 0 aliphatic carbocycles. The van der Waals surface area contributed by atoms with Gasteiger partial charge in [-0.15, -0.1) is 0 Å². The summed E-state index contributed by atoms with van der Waals surface area (Å²) >= 11 is 5.90. The number of ether oxygens (including phenoxy) is 2. The Morgan fingerprint density at radius 1 is 1.56 bits per heavy atom. The predicted octanol–water partition coefficient (Wildman–Crippen LogP) is 2.51. The van der Waals surface area contributed by atoms with E-state index in [1.807, 2.05) is 0 Å². The number of hydrogen-bond acceptors (Lipinski definition) is 3. The molecule has 0 spiro atoms. The molecule has 0 aliphatic heterocycles. The highest BCUT2D eigenvalue weighted by Crippen LogP contribution is 2.28. The molecule has 0 saturated carbocycles. The van der Waals surface area contributed by atoms with Crippen LogP contribution in [0, 0.1) is 0 Å². The Bertz CT molecular complexity index is 378. The van der Waals surface area contributed by atoms with Gasteiger partial charge in [0.2, 0.25) is 0 Å². The first-order chi connectivity index (χ1) is 7.60. The Kier molecular flexibility index (Phi) is 4.58. The molecule has 0 aliphatic rings. The molecule has 1 unspecified atom stereocenters. The number of hydrogen-bond donors (Lipinski definition) is 1. The number of benzene rings is 1. The molecule has 1 aromatic carbocycles. The Balaban J connectivity index is 3.01. The molecule has 0 saturated heterocycles. The highest BCUT2D eigenvalue weighted by molar-refractivity contribution is 6.32. The summed E-state index contributed by atoms with van der Waals surface area (Å²) in [5, 5.41) is 9.34. The molecule has 0 heterocycles. The lowest BCUT2D eigenvalue weighted by Crippen LogP contribution is -2.15. The van der Waals surface area contributed by atoms with Crippen molar-refractivity contribution >= 4 is 17.6 Å². The van der Waals surface area contributed by atoms with Gasteiger partial charge in [0.25, 0.3) is 0 Å². The summed E-state index contributed by atoms with van der Waals surface area (Å²) in [6.45, 7) is 2.06. The largest absolute Gasteiger partial charge is 0.495 e. The van der Waals surface area contributed by atoms with Crippen LogP contribution in [0.1, 0.15) is 18.6 Å². The molecule has 1 N–H and O–H groups in total. The molecular formula is C11H13ClO4. The van der Waals surface area contributed by atoms with Gasteiger partial charge in [0, 0.05) is 6.61 Å². The summed E-state index contributed by atoms with van der Waals surface area (Å²) in [4.78, 5) is 11.0. The van der Waals surface area contributed by atoms with Crippen LogP contribution in [0.2, 0.25) is 5.02 Å². The van der Waals surface area contributed by atoms with Gasteiger partial charge >= 0.3 is 5.97 Å². The molecular weight excluding hydrogens is 232 g/mol. The first-order valence-corrected chi connectivity index (χ1v) is 5.15. The summed E-state index contributed by atoms with van der Waals surface area (Å²) in [7, 11) is 1.50. The van der Waals surface area contributed by atoms with Gasteiger partial charge in [0.05, 0.1) is 12.1 Å². The average Bonchev–Trinajstić information content (AvgIpc) is 2.25. The fourth-order valence-corrected chi connectivity index (χ4v) is 1.59. The Hall–Kier alpha value is -1.26. The normalized spacial score (nSPS) is 12.2. The lowest BCUT2D eigenvalue weighted by atomic mass is 10.1. The van der Waals surface area contributed by atoms with Crippen LogP contribution in [0.3, 0.4) is 0 Å². The number of carboxylic acid groups (broad SMARTS) is 1. The van der Waals surface area contributed by atoms with E-state index in [1.54, 1.807) is 19.1 Å². The van der Waals surface area contributed by atoms with Crippen molar-refractivity contribution < 1.29 is 19.4 Å². The minimum absolute atomic E-state index is 0.320. The summed E-state index contributed by atoms with van der Waals surface area (Å²) in [6, 6.07) is 4.78. The molecule has 88 valence electrons. The van der Waals surface area contributed by atoms with E-state index in [9.17, 15) is 4.79 Å². The number of aliphatic carboxylic acids is 1. The summed E-state index contributed by atoms with van der Waals surface area (Å²) < 4.78 is 10.1. The van der Waals surface area contributed by atoms with Gasteiger partial charge in [-0.2, -0.15) is 0 Å². The topological polar surface area (TPSA) is 55.8 Å². The van der Waals surface area contributed by atoms with Crippen LogP contribution < -0.4 is 4.74 Å². The van der Waals surface area contributed by atoms with Crippen molar-refractivity contribution in [2.45, 2.75) is 13.0 Å². The lowest BCUT2D eigenvalue weighted by molar-refractivity contribution is -0.150. The zero-order valence-electron chi connectivity index (χ0n) is 9.07. The molecule has 16 heavy (non-hydrogen) atoms. The molecule has 0 radical (unpaired) electrons. The van der Waals surface area contributed by atoms with E-state index in [-0.39, 0.29) is 0 Å². The maximum Gasteiger partial charge on any atom is 0.337 e. The van der Waals surface area contributed by atoms with Gasteiger partial charge < -0.3 is 14.6 Å². The van der Waals surface area contributed by atoms with Crippen LogP contribution in [0.15, 0.2) is 18.2 Å². The second kappa shape index (κ2) is 5.72. The molecule has 0 bridgehead atoms. The molecule has 1 aromatic rings. The molecule has 0 aromatic heterocycles. The third-order valence-electron chi connectivity index (χ3n) is 2.04. The third-order valence-corrected chi connectivity index (χ3v) is 2.33. The zero-order valence-corrected chi connectivity index (χ0v) is 9.82. The maximum absolute atomic E-state index is 11.0. The predicted molar refractivity (Wildman–Crippen MR) is 60.0 cm³/mol. The van der Waals surface area contributed by atoms with Crippen LogP contribution in [-0.2, 0) is 9.53 Å². The monoisotopic (exact) mass is 244 g/mol. The van der Waals surface area contributed by atoms with E-state index in [2.05, 4.69) is 0 Å². The minimum atomic E-state index is -1.04. The molecule has 1 rings (SSSR count). The summed E-state index contributed by atoms with van der Waals surface area (Å²) in [5.74, 6) is -0.533. The molecule has 1 atom stereocenters. The first kappa shape index (κ1) is 12.8. The van der Waals surface area contributed by atoms with Gasteiger partial charge in [-0.05, 0) is 24.6 Å². The fraction of sp³-hybridized carbons (Fsp3) is 0.364. The van der Waals surface area contributed by atoms with Gasteiger partial charge in [0.15, 0.2) is 6.10 Å². The van der Waals surface area contributed by atoms with Crippen molar-refractivity contribution in [2.24, 2.45) is 0 Å². The van der Waals surface area contributed by atoms with Crippen LogP contribution in [-0.4, -0.2) is 24.8 Å². The van der Waals surface area contributed by atoms with Gasteiger partial charge in [-0.25, -0.2) is 4.79 Å². The van der Waals surface area contributed by atoms with E-state index in [1.165, 1.54) is 13.2 Å². The van der Waals surface area contributed by atoms with Crippen molar-refractivity contribution in [1.82, 2.24) is 0 Å². The number of rotatable bonds is 5. The average molecular weight is 245 g/mol. The van der Waals surface area contributed by atoms with Crippen LogP contribution in [0.5, 0.6) is 5.75 Å². The van der Waals surface area contributed by atoms with Crippen molar-refractivity contribution in [3.63, 3.8) is 0 Å². The second-order valence-corrected chi connectivity index (χ2v) is 3.47. The smallest absolute Gasteiger partial charge is 0.337 e. The summed E-state index contributed by atoms with van der Waals surface area (Å²) in [5.41, 5.74) is 0.500. The van der Waals surface area contributed by atoms with Gasteiger partial charge in [0.1, 0.15) is 5.75 Å². The first-order valence-electron chi connectivity index (χ1n) is 4.78. The fourth-order valence-electron chi connectivity index (χ4n) is 1.32. The zero-order chi connectivity index (χ0) is 12.1. The number of halogens is 1. The SMILES string of the molecule is CCOC(C(=O)O)c1ccc(OC)c(Cl)c1. The standard InChI is InChI=1S/C11H13ClO4/c1-3-16-10(11(13)14)7-4-5-9(15-2)8(12)6-7/h4-6,10H,3H2,1-2H3,(H,13,14). The maximum atomic E-state index is 11.0. The van der Waals surface area contributed by atoms with E-state index in [0.29, 0.717) is 22.9 Å². The van der Waals surface area contributed by atoms with E-state index < -0.39 is 12.1 Å². The number of carboxylic acids is 1. The minimum Gasteiger partial charge on any atom is -0.495 e. The Labute approximate surface area is 98.7 Å².